The molecule has 0 bridgehead atoms. The number of hydrogen-bond donors (Lipinski definition) is 1. The van der Waals surface area contributed by atoms with Crippen LogP contribution < -0.4 is 5.32 Å². The van der Waals surface area contributed by atoms with Crippen molar-refractivity contribution in [3.63, 3.8) is 0 Å². The van der Waals surface area contributed by atoms with E-state index in [-0.39, 0.29) is 11.8 Å². The second-order valence-electron chi connectivity index (χ2n) is 3.65. The molecule has 2 heteroatoms. The van der Waals surface area contributed by atoms with Crippen LogP contribution >= 0.6 is 0 Å². The molecule has 0 spiro atoms. The van der Waals surface area contributed by atoms with E-state index < -0.39 is 0 Å². The molecule has 0 saturated carbocycles. The van der Waals surface area contributed by atoms with Gasteiger partial charge in [-0.15, -0.1) is 0 Å². The molecule has 0 fully saturated rings. The van der Waals surface area contributed by atoms with E-state index in [1.54, 1.807) is 0 Å². The lowest BCUT2D eigenvalue weighted by atomic mass is 9.84. The van der Waals surface area contributed by atoms with Gasteiger partial charge in [-0.3, -0.25) is 4.79 Å². The van der Waals surface area contributed by atoms with Crippen LogP contribution in [0, 0.1) is 5.92 Å². The van der Waals surface area contributed by atoms with Gasteiger partial charge in [-0.1, -0.05) is 32.0 Å². The summed E-state index contributed by atoms with van der Waals surface area (Å²) in [6.07, 6.45) is 0. The normalized spacial score (nSPS) is 26.5. The molecule has 0 aromatic heterocycles. The maximum atomic E-state index is 11.5. The maximum Gasteiger partial charge on any atom is 0.227 e. The summed E-state index contributed by atoms with van der Waals surface area (Å²) in [5, 5.41) is 2.90. The van der Waals surface area contributed by atoms with E-state index in [1.165, 1.54) is 5.56 Å². The Balaban J connectivity index is 2.49. The monoisotopic (exact) mass is 175 g/mol. The SMILES string of the molecule is C[C@H]1C(=O)Nc2ccccc2[C@@H]1C. The zero-order chi connectivity index (χ0) is 9.42. The van der Waals surface area contributed by atoms with Gasteiger partial charge >= 0.3 is 0 Å². The molecule has 0 unspecified atom stereocenters. The van der Waals surface area contributed by atoms with E-state index >= 15 is 0 Å². The summed E-state index contributed by atoms with van der Waals surface area (Å²) in [5.74, 6) is 0.533. The first-order chi connectivity index (χ1) is 6.20. The lowest BCUT2D eigenvalue weighted by molar-refractivity contribution is -0.120. The molecule has 1 aliphatic rings. The molecule has 2 rings (SSSR count). The fourth-order valence-corrected chi connectivity index (χ4v) is 1.75. The summed E-state index contributed by atoms with van der Waals surface area (Å²) < 4.78 is 0. The number of rotatable bonds is 0. The highest BCUT2D eigenvalue weighted by molar-refractivity contribution is 5.96. The van der Waals surface area contributed by atoms with Crippen LogP contribution in [-0.4, -0.2) is 5.91 Å². The third kappa shape index (κ3) is 1.22. The zero-order valence-electron chi connectivity index (χ0n) is 7.87. The number of fused-ring (bicyclic) bond motifs is 1. The van der Waals surface area contributed by atoms with Crippen LogP contribution in [0.25, 0.3) is 0 Å². The van der Waals surface area contributed by atoms with Crippen LogP contribution in [0.15, 0.2) is 24.3 Å². The third-order valence-electron chi connectivity index (χ3n) is 2.87. The molecule has 0 radical (unpaired) electrons. The predicted molar refractivity (Wildman–Crippen MR) is 52.7 cm³/mol. The first-order valence-corrected chi connectivity index (χ1v) is 4.60. The highest BCUT2D eigenvalue weighted by Gasteiger charge is 2.28. The Labute approximate surface area is 78.0 Å². The summed E-state index contributed by atoms with van der Waals surface area (Å²) in [6.45, 7) is 4.07. The molecule has 68 valence electrons. The molecule has 0 saturated heterocycles. The number of carbonyl (C=O) groups excluding carboxylic acids is 1. The predicted octanol–water partition coefficient (Wildman–Crippen LogP) is 2.38. The Morgan fingerprint density at radius 1 is 1.15 bits per heavy atom. The van der Waals surface area contributed by atoms with Crippen molar-refractivity contribution in [3.8, 4) is 0 Å². The molecule has 1 aliphatic heterocycles. The molecular weight excluding hydrogens is 162 g/mol. The van der Waals surface area contributed by atoms with E-state index in [1.807, 2.05) is 25.1 Å². The Kier molecular flexibility index (Phi) is 1.83. The van der Waals surface area contributed by atoms with Crippen LogP contribution in [0.4, 0.5) is 5.69 Å². The Morgan fingerprint density at radius 2 is 1.85 bits per heavy atom. The van der Waals surface area contributed by atoms with Crippen molar-refractivity contribution < 1.29 is 4.79 Å². The van der Waals surface area contributed by atoms with Crippen molar-refractivity contribution in [1.29, 1.82) is 0 Å². The van der Waals surface area contributed by atoms with Crippen molar-refractivity contribution in [1.82, 2.24) is 0 Å². The van der Waals surface area contributed by atoms with Gasteiger partial charge in [0.25, 0.3) is 0 Å². The second kappa shape index (κ2) is 2.87. The van der Waals surface area contributed by atoms with Crippen molar-refractivity contribution in [2.45, 2.75) is 19.8 Å². The van der Waals surface area contributed by atoms with Crippen LogP contribution in [0.2, 0.25) is 0 Å². The molecule has 1 aromatic rings. The zero-order valence-corrected chi connectivity index (χ0v) is 7.87. The number of benzene rings is 1. The van der Waals surface area contributed by atoms with E-state index in [4.69, 9.17) is 0 Å². The number of carbonyl (C=O) groups is 1. The van der Waals surface area contributed by atoms with E-state index in [9.17, 15) is 4.79 Å². The average molecular weight is 175 g/mol. The number of hydrogen-bond acceptors (Lipinski definition) is 1. The molecular formula is C11H13NO. The number of anilines is 1. The van der Waals surface area contributed by atoms with Crippen LogP contribution in [0.5, 0.6) is 0 Å². The van der Waals surface area contributed by atoms with Crippen molar-refractivity contribution in [2.75, 3.05) is 5.32 Å². The van der Waals surface area contributed by atoms with E-state index in [0.717, 1.165) is 5.69 Å². The Morgan fingerprint density at radius 3 is 2.62 bits per heavy atom. The highest BCUT2D eigenvalue weighted by Crippen LogP contribution is 2.34. The van der Waals surface area contributed by atoms with Gasteiger partial charge in [0.05, 0.1) is 0 Å². The van der Waals surface area contributed by atoms with Crippen molar-refractivity contribution in [2.24, 2.45) is 5.92 Å². The Bertz CT molecular complexity index is 346. The molecule has 13 heavy (non-hydrogen) atoms. The first-order valence-electron chi connectivity index (χ1n) is 4.60. The lowest BCUT2D eigenvalue weighted by Crippen LogP contribution is -2.30. The van der Waals surface area contributed by atoms with Gasteiger partial charge in [-0.05, 0) is 17.5 Å². The van der Waals surface area contributed by atoms with Gasteiger partial charge in [0, 0.05) is 11.6 Å². The van der Waals surface area contributed by atoms with Crippen molar-refractivity contribution in [3.05, 3.63) is 29.8 Å². The number of amides is 1. The number of para-hydroxylation sites is 1. The summed E-state index contributed by atoms with van der Waals surface area (Å²) in [7, 11) is 0. The maximum absolute atomic E-state index is 11.5. The van der Waals surface area contributed by atoms with Gasteiger partial charge in [0.2, 0.25) is 5.91 Å². The minimum atomic E-state index is 0.0786. The summed E-state index contributed by atoms with van der Waals surface area (Å²) in [5.41, 5.74) is 2.22. The molecule has 2 nitrogen and oxygen atoms in total. The third-order valence-corrected chi connectivity index (χ3v) is 2.87. The molecule has 1 N–H and O–H groups in total. The minimum Gasteiger partial charge on any atom is -0.326 e. The van der Waals surface area contributed by atoms with Gasteiger partial charge < -0.3 is 5.32 Å². The molecule has 1 amide bonds. The topological polar surface area (TPSA) is 29.1 Å². The van der Waals surface area contributed by atoms with Crippen LogP contribution in [0.3, 0.4) is 0 Å². The number of nitrogens with one attached hydrogen (secondary N) is 1. The highest BCUT2D eigenvalue weighted by atomic mass is 16.1. The summed E-state index contributed by atoms with van der Waals surface area (Å²) in [6, 6.07) is 7.99. The average Bonchev–Trinajstić information content (AvgIpc) is 2.15. The molecule has 1 aromatic carbocycles. The molecule has 2 atom stereocenters. The van der Waals surface area contributed by atoms with Crippen LogP contribution in [0.1, 0.15) is 25.3 Å². The second-order valence-corrected chi connectivity index (χ2v) is 3.65. The molecule has 0 aliphatic carbocycles. The minimum absolute atomic E-state index is 0.0786. The van der Waals surface area contributed by atoms with E-state index in [0.29, 0.717) is 5.92 Å². The fourth-order valence-electron chi connectivity index (χ4n) is 1.75. The summed E-state index contributed by atoms with van der Waals surface area (Å²) >= 11 is 0. The van der Waals surface area contributed by atoms with Gasteiger partial charge in [0.1, 0.15) is 0 Å². The quantitative estimate of drug-likeness (QED) is 0.644. The first kappa shape index (κ1) is 8.30. The van der Waals surface area contributed by atoms with Gasteiger partial charge in [-0.2, -0.15) is 0 Å². The lowest BCUT2D eigenvalue weighted by Gasteiger charge is -2.28. The Hall–Kier alpha value is -1.31. The standard InChI is InChI=1S/C11H13NO/c1-7-8(2)11(13)12-10-6-4-3-5-9(7)10/h3-8H,1-2H3,(H,12,13)/t7-,8-/m1/s1. The van der Waals surface area contributed by atoms with Crippen LogP contribution in [-0.2, 0) is 4.79 Å². The summed E-state index contributed by atoms with van der Waals surface area (Å²) in [4.78, 5) is 11.5. The largest absolute Gasteiger partial charge is 0.326 e. The smallest absolute Gasteiger partial charge is 0.227 e. The van der Waals surface area contributed by atoms with Gasteiger partial charge in [0.15, 0.2) is 0 Å². The van der Waals surface area contributed by atoms with E-state index in [2.05, 4.69) is 18.3 Å². The fraction of sp³-hybridized carbons (Fsp3) is 0.364. The molecule has 1 heterocycles. The van der Waals surface area contributed by atoms with Crippen molar-refractivity contribution >= 4 is 11.6 Å². The van der Waals surface area contributed by atoms with Gasteiger partial charge in [-0.25, -0.2) is 0 Å².